The Kier molecular flexibility index (Phi) is 3.82. The van der Waals surface area contributed by atoms with Crippen molar-refractivity contribution < 1.29 is 17.9 Å². The van der Waals surface area contributed by atoms with Gasteiger partial charge in [-0.25, -0.2) is 0 Å². The maximum absolute atomic E-state index is 11.0. The number of hydrogen-bond donors (Lipinski definition) is 1. The predicted octanol–water partition coefficient (Wildman–Crippen LogP) is 2.43. The van der Waals surface area contributed by atoms with E-state index >= 15 is 0 Å². The number of nitro benzene ring substituents is 1. The van der Waals surface area contributed by atoms with Crippen LogP contribution in [0.15, 0.2) is 53.4 Å². The first-order chi connectivity index (χ1) is 9.38. The van der Waals surface area contributed by atoms with Gasteiger partial charge in [-0.3, -0.25) is 14.7 Å². The maximum atomic E-state index is 11.0. The second-order valence-electron chi connectivity index (χ2n) is 4.19. The Bertz CT molecular complexity index is 741. The molecule has 2 aromatic carbocycles. The van der Waals surface area contributed by atoms with Crippen molar-refractivity contribution in [1.29, 1.82) is 0 Å². The molecular weight excluding hydrogens is 282 g/mol. The SMILES string of the molecule is O=[N+]([O-])c1cc(S(=O)(=O)O)ccc1Cc1ccccc1. The van der Waals surface area contributed by atoms with Gasteiger partial charge < -0.3 is 0 Å². The molecule has 0 saturated heterocycles. The molecule has 0 bridgehead atoms. The van der Waals surface area contributed by atoms with Gasteiger partial charge >= 0.3 is 0 Å². The van der Waals surface area contributed by atoms with E-state index in [1.807, 2.05) is 30.3 Å². The maximum Gasteiger partial charge on any atom is 0.294 e. The van der Waals surface area contributed by atoms with Crippen LogP contribution in [-0.2, 0) is 16.5 Å². The molecule has 0 aliphatic carbocycles. The molecule has 1 N–H and O–H groups in total. The van der Waals surface area contributed by atoms with E-state index in [0.29, 0.717) is 12.0 Å². The molecule has 7 heteroatoms. The van der Waals surface area contributed by atoms with Crippen molar-refractivity contribution in [2.24, 2.45) is 0 Å². The quantitative estimate of drug-likeness (QED) is 0.530. The first-order valence-corrected chi connectivity index (χ1v) is 7.10. The van der Waals surface area contributed by atoms with E-state index in [2.05, 4.69) is 0 Å². The summed E-state index contributed by atoms with van der Waals surface area (Å²) in [7, 11) is -4.45. The molecule has 0 atom stereocenters. The minimum absolute atomic E-state index is 0.308. The molecule has 6 nitrogen and oxygen atoms in total. The average molecular weight is 293 g/mol. The summed E-state index contributed by atoms with van der Waals surface area (Å²) < 4.78 is 30.9. The largest absolute Gasteiger partial charge is 0.294 e. The summed E-state index contributed by atoms with van der Waals surface area (Å²) in [5.74, 6) is 0. The summed E-state index contributed by atoms with van der Waals surface area (Å²) in [6.45, 7) is 0. The molecule has 0 saturated carbocycles. The second-order valence-corrected chi connectivity index (χ2v) is 5.61. The Morgan fingerprint density at radius 1 is 1.10 bits per heavy atom. The van der Waals surface area contributed by atoms with E-state index in [0.717, 1.165) is 17.7 Å². The summed E-state index contributed by atoms with van der Waals surface area (Å²) in [5, 5.41) is 11.0. The number of hydrogen-bond acceptors (Lipinski definition) is 4. The Labute approximate surface area is 115 Å². The molecule has 0 aliphatic heterocycles. The van der Waals surface area contributed by atoms with Gasteiger partial charge in [0.05, 0.1) is 4.92 Å². The number of nitrogens with zero attached hydrogens (tertiary/aromatic N) is 1. The van der Waals surface area contributed by atoms with Crippen LogP contribution < -0.4 is 0 Å². The zero-order chi connectivity index (χ0) is 14.8. The van der Waals surface area contributed by atoms with Crippen molar-refractivity contribution in [1.82, 2.24) is 0 Å². The Balaban J connectivity index is 2.46. The fraction of sp³-hybridized carbons (Fsp3) is 0.0769. The Morgan fingerprint density at radius 2 is 1.75 bits per heavy atom. The van der Waals surface area contributed by atoms with Crippen LogP contribution in [-0.4, -0.2) is 17.9 Å². The van der Waals surface area contributed by atoms with Crippen LogP contribution in [0.3, 0.4) is 0 Å². The average Bonchev–Trinajstić information content (AvgIpc) is 2.38. The summed E-state index contributed by atoms with van der Waals surface area (Å²) >= 11 is 0. The van der Waals surface area contributed by atoms with Crippen LogP contribution in [0.25, 0.3) is 0 Å². The lowest BCUT2D eigenvalue weighted by Crippen LogP contribution is -2.02. The van der Waals surface area contributed by atoms with Crippen LogP contribution in [0.5, 0.6) is 0 Å². The van der Waals surface area contributed by atoms with Crippen molar-refractivity contribution in [2.75, 3.05) is 0 Å². The molecule has 20 heavy (non-hydrogen) atoms. The first-order valence-electron chi connectivity index (χ1n) is 5.66. The first kappa shape index (κ1) is 14.2. The topological polar surface area (TPSA) is 97.5 Å². The lowest BCUT2D eigenvalue weighted by atomic mass is 10.0. The van der Waals surface area contributed by atoms with Gasteiger partial charge in [-0.1, -0.05) is 36.4 Å². The number of benzene rings is 2. The highest BCUT2D eigenvalue weighted by Gasteiger charge is 2.19. The molecule has 104 valence electrons. The van der Waals surface area contributed by atoms with Gasteiger partial charge in [0.15, 0.2) is 0 Å². The molecule has 2 aromatic rings. The van der Waals surface area contributed by atoms with E-state index in [9.17, 15) is 18.5 Å². The molecule has 0 unspecified atom stereocenters. The van der Waals surface area contributed by atoms with Crippen LogP contribution in [0.4, 0.5) is 5.69 Å². The van der Waals surface area contributed by atoms with Crippen LogP contribution in [0.1, 0.15) is 11.1 Å². The third kappa shape index (κ3) is 3.19. The molecule has 2 rings (SSSR count). The van der Waals surface area contributed by atoms with Gasteiger partial charge in [0, 0.05) is 18.1 Å². The van der Waals surface area contributed by atoms with Gasteiger partial charge in [-0.15, -0.1) is 0 Å². The van der Waals surface area contributed by atoms with E-state index in [1.54, 1.807) is 0 Å². The molecular formula is C13H11NO5S. The minimum Gasteiger partial charge on any atom is -0.282 e. The van der Waals surface area contributed by atoms with Gasteiger partial charge in [-0.2, -0.15) is 8.42 Å². The zero-order valence-electron chi connectivity index (χ0n) is 10.3. The standard InChI is InChI=1S/C13H11NO5S/c15-14(16)13-9-12(20(17,18)19)7-6-11(13)8-10-4-2-1-3-5-10/h1-7,9H,8H2,(H,17,18,19). The number of rotatable bonds is 4. The fourth-order valence-electron chi connectivity index (χ4n) is 1.84. The third-order valence-electron chi connectivity index (χ3n) is 2.79. The van der Waals surface area contributed by atoms with Gasteiger partial charge in [0.25, 0.3) is 15.8 Å². The van der Waals surface area contributed by atoms with Gasteiger partial charge in [0.1, 0.15) is 4.90 Å². The lowest BCUT2D eigenvalue weighted by molar-refractivity contribution is -0.385. The van der Waals surface area contributed by atoms with Crippen LogP contribution in [0, 0.1) is 10.1 Å². The van der Waals surface area contributed by atoms with Crippen molar-refractivity contribution in [3.05, 3.63) is 69.8 Å². The molecule has 0 aromatic heterocycles. The van der Waals surface area contributed by atoms with Gasteiger partial charge in [-0.05, 0) is 11.6 Å². The molecule has 0 fully saturated rings. The van der Waals surface area contributed by atoms with E-state index in [4.69, 9.17) is 4.55 Å². The van der Waals surface area contributed by atoms with Gasteiger partial charge in [0.2, 0.25) is 0 Å². The van der Waals surface area contributed by atoms with E-state index in [1.165, 1.54) is 6.07 Å². The highest BCUT2D eigenvalue weighted by molar-refractivity contribution is 7.85. The number of nitro groups is 1. The van der Waals surface area contributed by atoms with Crippen molar-refractivity contribution in [3.8, 4) is 0 Å². The summed E-state index contributed by atoms with van der Waals surface area (Å²) in [6, 6.07) is 12.5. The molecule has 0 heterocycles. The summed E-state index contributed by atoms with van der Waals surface area (Å²) in [4.78, 5) is 9.88. The highest BCUT2D eigenvalue weighted by Crippen LogP contribution is 2.25. The van der Waals surface area contributed by atoms with Crippen molar-refractivity contribution >= 4 is 15.8 Å². The normalized spacial score (nSPS) is 11.2. The summed E-state index contributed by atoms with van der Waals surface area (Å²) in [6.07, 6.45) is 0.308. The molecule has 0 aliphatic rings. The molecule has 0 radical (unpaired) electrons. The predicted molar refractivity (Wildman–Crippen MR) is 72.2 cm³/mol. The smallest absolute Gasteiger partial charge is 0.282 e. The monoisotopic (exact) mass is 293 g/mol. The highest BCUT2D eigenvalue weighted by atomic mass is 32.2. The molecule has 0 spiro atoms. The minimum atomic E-state index is -4.45. The second kappa shape index (κ2) is 5.40. The van der Waals surface area contributed by atoms with Crippen LogP contribution >= 0.6 is 0 Å². The lowest BCUT2D eigenvalue weighted by Gasteiger charge is -2.05. The van der Waals surface area contributed by atoms with Crippen molar-refractivity contribution in [2.45, 2.75) is 11.3 Å². The summed E-state index contributed by atoms with van der Waals surface area (Å²) in [5.41, 5.74) is 0.924. The van der Waals surface area contributed by atoms with Crippen LogP contribution in [0.2, 0.25) is 0 Å². The zero-order valence-corrected chi connectivity index (χ0v) is 11.1. The van der Waals surface area contributed by atoms with E-state index < -0.39 is 19.9 Å². The third-order valence-corrected chi connectivity index (χ3v) is 3.64. The molecule has 0 amide bonds. The Hall–Kier alpha value is -2.25. The van der Waals surface area contributed by atoms with Crippen molar-refractivity contribution in [3.63, 3.8) is 0 Å². The van der Waals surface area contributed by atoms with E-state index in [-0.39, 0.29) is 5.69 Å². The Morgan fingerprint density at radius 3 is 2.30 bits per heavy atom. The fourth-order valence-corrected chi connectivity index (χ4v) is 2.34.